The van der Waals surface area contributed by atoms with Gasteiger partial charge < -0.3 is 23.7 Å². The minimum absolute atomic E-state index is 0.00837. The molecule has 52 heavy (non-hydrogen) atoms. The number of amides is 2. The summed E-state index contributed by atoms with van der Waals surface area (Å²) in [5, 5.41) is 12.5. The standard InChI is InChI=1S/C43H53NO7Si/c1-42(2,3)52(6,7)51-37(34-26-18-11-19-27-34)38(48-29-32-22-14-9-15-23-32)36(45)39(49-30-33-24-16-10-17-25-33)40(46)44-35(43(4,5)50-41(44)47)28-31-20-12-8-13-21-31/h8-27,35-39,45H,28-30H2,1-7H3/t35-,36-,37+,38+,39-/m0/s1. The van der Waals surface area contributed by atoms with Gasteiger partial charge in [0, 0.05) is 0 Å². The Morgan fingerprint density at radius 3 is 1.75 bits per heavy atom. The Morgan fingerprint density at radius 2 is 1.25 bits per heavy atom. The molecule has 1 aliphatic rings. The molecule has 4 aromatic rings. The molecule has 5 rings (SSSR count). The summed E-state index contributed by atoms with van der Waals surface area (Å²) in [6, 6.07) is 37.8. The lowest BCUT2D eigenvalue weighted by Gasteiger charge is -2.43. The minimum atomic E-state index is -2.51. The maximum atomic E-state index is 14.9. The van der Waals surface area contributed by atoms with Crippen molar-refractivity contribution in [2.75, 3.05) is 0 Å². The van der Waals surface area contributed by atoms with Crippen molar-refractivity contribution < 1.29 is 33.3 Å². The molecule has 0 saturated carbocycles. The number of aliphatic hydroxyl groups excluding tert-OH is 1. The second-order valence-corrected chi connectivity index (χ2v) is 20.3. The third kappa shape index (κ3) is 9.45. The molecule has 2 amide bonds. The molecule has 0 radical (unpaired) electrons. The van der Waals surface area contributed by atoms with E-state index in [1.54, 1.807) is 13.8 Å². The van der Waals surface area contributed by atoms with Crippen LogP contribution in [0.25, 0.3) is 0 Å². The third-order valence-electron chi connectivity index (χ3n) is 10.3. The molecule has 0 aromatic heterocycles. The fourth-order valence-corrected chi connectivity index (χ4v) is 7.44. The van der Waals surface area contributed by atoms with Gasteiger partial charge in [0.1, 0.15) is 17.8 Å². The van der Waals surface area contributed by atoms with E-state index in [4.69, 9.17) is 18.6 Å². The van der Waals surface area contributed by atoms with E-state index < -0.39 is 56.4 Å². The Bertz CT molecular complexity index is 1730. The first-order valence-corrected chi connectivity index (χ1v) is 20.9. The zero-order chi connectivity index (χ0) is 37.5. The lowest BCUT2D eigenvalue weighted by atomic mass is 9.91. The number of aliphatic hydroxyl groups is 1. The summed E-state index contributed by atoms with van der Waals surface area (Å²) in [5.74, 6) is -0.701. The lowest BCUT2D eigenvalue weighted by Crippen LogP contribution is -2.57. The summed E-state index contributed by atoms with van der Waals surface area (Å²) < 4.78 is 26.0. The van der Waals surface area contributed by atoms with Crippen LogP contribution in [0, 0.1) is 0 Å². The second kappa shape index (κ2) is 16.7. The fraction of sp³-hybridized carbons (Fsp3) is 0.395. The van der Waals surface area contributed by atoms with Crippen molar-refractivity contribution in [3.63, 3.8) is 0 Å². The van der Waals surface area contributed by atoms with Gasteiger partial charge in [0.2, 0.25) is 0 Å². The van der Waals surface area contributed by atoms with Crippen LogP contribution in [0.1, 0.15) is 63.0 Å². The van der Waals surface area contributed by atoms with Crippen LogP contribution in [0.3, 0.4) is 0 Å². The smallest absolute Gasteiger partial charge is 0.417 e. The van der Waals surface area contributed by atoms with Crippen LogP contribution < -0.4 is 0 Å². The molecule has 1 N–H and O–H groups in total. The van der Waals surface area contributed by atoms with Crippen LogP contribution in [0.2, 0.25) is 18.1 Å². The van der Waals surface area contributed by atoms with E-state index in [1.165, 1.54) is 0 Å². The highest BCUT2D eigenvalue weighted by Gasteiger charge is 2.54. The molecule has 5 atom stereocenters. The lowest BCUT2D eigenvalue weighted by molar-refractivity contribution is -0.174. The molecule has 0 aliphatic carbocycles. The maximum absolute atomic E-state index is 14.9. The third-order valence-corrected chi connectivity index (χ3v) is 14.7. The number of carbonyl (C=O) groups excluding carboxylic acids is 2. The molecule has 276 valence electrons. The van der Waals surface area contributed by atoms with Gasteiger partial charge >= 0.3 is 6.09 Å². The first-order chi connectivity index (χ1) is 24.7. The quantitative estimate of drug-likeness (QED) is 0.123. The van der Waals surface area contributed by atoms with E-state index in [0.29, 0.717) is 6.42 Å². The molecule has 9 heteroatoms. The SMILES string of the molecule is CC1(C)OC(=O)N(C(=O)[C@@H](OCc2ccccc2)[C@@H](O)[C@@H](OCc2ccccc2)[C@H](O[Si](C)(C)C(C)(C)C)c2ccccc2)[C@H]1Cc1ccccc1. The van der Waals surface area contributed by atoms with E-state index in [9.17, 15) is 14.7 Å². The van der Waals surface area contributed by atoms with E-state index in [1.807, 2.05) is 121 Å². The molecule has 1 aliphatic heterocycles. The van der Waals surface area contributed by atoms with Crippen molar-refractivity contribution in [2.24, 2.45) is 0 Å². The van der Waals surface area contributed by atoms with Gasteiger partial charge in [-0.25, -0.2) is 9.69 Å². The van der Waals surface area contributed by atoms with Gasteiger partial charge in [0.05, 0.1) is 25.4 Å². The number of rotatable bonds is 15. The molecular formula is C43H53NO7Si. The minimum Gasteiger partial charge on any atom is -0.441 e. The molecule has 1 heterocycles. The van der Waals surface area contributed by atoms with Gasteiger partial charge in [0.25, 0.3) is 5.91 Å². The number of benzene rings is 4. The number of nitrogens with zero attached hydrogens (tertiary/aromatic N) is 1. The molecule has 1 saturated heterocycles. The van der Waals surface area contributed by atoms with Gasteiger partial charge in [-0.3, -0.25) is 4.79 Å². The van der Waals surface area contributed by atoms with Gasteiger partial charge in [-0.05, 0) is 60.7 Å². The molecule has 0 spiro atoms. The first-order valence-electron chi connectivity index (χ1n) is 18.0. The van der Waals surface area contributed by atoms with Crippen molar-refractivity contribution in [3.05, 3.63) is 144 Å². The predicted molar refractivity (Wildman–Crippen MR) is 205 cm³/mol. The van der Waals surface area contributed by atoms with Crippen molar-refractivity contribution in [3.8, 4) is 0 Å². The Balaban J connectivity index is 1.59. The summed E-state index contributed by atoms with van der Waals surface area (Å²) in [7, 11) is -2.51. The molecular weight excluding hydrogens is 671 g/mol. The number of hydrogen-bond donors (Lipinski definition) is 1. The Labute approximate surface area is 309 Å². The highest BCUT2D eigenvalue weighted by molar-refractivity contribution is 6.74. The molecule has 4 aromatic carbocycles. The number of cyclic esters (lactones) is 1. The largest absolute Gasteiger partial charge is 0.441 e. The summed E-state index contributed by atoms with van der Waals surface area (Å²) in [6.45, 7) is 14.5. The topological polar surface area (TPSA) is 94.5 Å². The van der Waals surface area contributed by atoms with Gasteiger partial charge in [-0.2, -0.15) is 0 Å². The number of imide groups is 1. The van der Waals surface area contributed by atoms with Gasteiger partial charge in [-0.1, -0.05) is 142 Å². The summed E-state index contributed by atoms with van der Waals surface area (Å²) in [5.41, 5.74) is 2.42. The predicted octanol–water partition coefficient (Wildman–Crippen LogP) is 8.65. The summed E-state index contributed by atoms with van der Waals surface area (Å²) in [4.78, 5) is 29.7. The van der Waals surface area contributed by atoms with Crippen molar-refractivity contribution >= 4 is 20.3 Å². The highest BCUT2D eigenvalue weighted by atomic mass is 28.4. The van der Waals surface area contributed by atoms with Crippen molar-refractivity contribution in [2.45, 2.75) is 108 Å². The van der Waals surface area contributed by atoms with E-state index in [-0.39, 0.29) is 18.3 Å². The fourth-order valence-electron chi connectivity index (χ4n) is 6.18. The number of ether oxygens (including phenoxy) is 3. The van der Waals surface area contributed by atoms with Crippen LogP contribution in [-0.2, 0) is 43.1 Å². The summed E-state index contributed by atoms with van der Waals surface area (Å²) >= 11 is 0. The van der Waals surface area contributed by atoms with Gasteiger partial charge in [0.15, 0.2) is 14.4 Å². The number of carbonyl (C=O) groups is 2. The average molecular weight is 724 g/mol. The zero-order valence-electron chi connectivity index (χ0n) is 31.4. The van der Waals surface area contributed by atoms with E-state index in [0.717, 1.165) is 27.2 Å². The zero-order valence-corrected chi connectivity index (χ0v) is 32.4. The average Bonchev–Trinajstić information content (AvgIpc) is 3.35. The van der Waals surface area contributed by atoms with E-state index >= 15 is 0 Å². The van der Waals surface area contributed by atoms with Crippen LogP contribution in [0.15, 0.2) is 121 Å². The molecule has 0 bridgehead atoms. The van der Waals surface area contributed by atoms with Crippen LogP contribution in [0.4, 0.5) is 4.79 Å². The molecule has 1 fully saturated rings. The Morgan fingerprint density at radius 1 is 0.788 bits per heavy atom. The second-order valence-electron chi connectivity index (χ2n) is 15.6. The summed E-state index contributed by atoms with van der Waals surface area (Å²) in [6.07, 6.45) is -5.37. The molecule has 0 unspecified atom stereocenters. The van der Waals surface area contributed by atoms with Crippen molar-refractivity contribution in [1.82, 2.24) is 4.90 Å². The first kappa shape index (κ1) is 39.1. The van der Waals surface area contributed by atoms with Crippen molar-refractivity contribution in [1.29, 1.82) is 0 Å². The van der Waals surface area contributed by atoms with Crippen LogP contribution in [-0.4, -0.2) is 60.3 Å². The maximum Gasteiger partial charge on any atom is 0.417 e. The van der Waals surface area contributed by atoms with Crippen LogP contribution >= 0.6 is 0 Å². The van der Waals surface area contributed by atoms with Crippen LogP contribution in [0.5, 0.6) is 0 Å². The normalized spacial score (nSPS) is 18.3. The van der Waals surface area contributed by atoms with Gasteiger partial charge in [-0.15, -0.1) is 0 Å². The monoisotopic (exact) mass is 723 g/mol. The number of hydrogen-bond acceptors (Lipinski definition) is 7. The highest BCUT2D eigenvalue weighted by Crippen LogP contribution is 2.42. The van der Waals surface area contributed by atoms with E-state index in [2.05, 4.69) is 33.9 Å². The Hall–Kier alpha value is -4.12. The Kier molecular flexibility index (Phi) is 12.6. The molecule has 8 nitrogen and oxygen atoms in total.